The Morgan fingerprint density at radius 1 is 0.857 bits per heavy atom. The molecule has 0 spiro atoms. The first kappa shape index (κ1) is 19.1. The Labute approximate surface area is 174 Å². The third kappa shape index (κ3) is 4.12. The van der Waals surface area contributed by atoms with Crippen LogP contribution >= 0.6 is 12.6 Å². The summed E-state index contributed by atoms with van der Waals surface area (Å²) >= 11 is 4.48. The minimum absolute atomic E-state index is 0.183. The van der Waals surface area contributed by atoms with Crippen LogP contribution < -0.4 is 4.74 Å². The largest absolute Gasteiger partial charge is 0.488 e. The van der Waals surface area contributed by atoms with Crippen molar-refractivity contribution in [2.24, 2.45) is 0 Å². The normalized spacial score (nSPS) is 19.1. The van der Waals surface area contributed by atoms with Crippen LogP contribution in [0, 0.1) is 0 Å². The quantitative estimate of drug-likeness (QED) is 0.475. The van der Waals surface area contributed by atoms with E-state index in [0.29, 0.717) is 11.8 Å². The van der Waals surface area contributed by atoms with Gasteiger partial charge in [-0.25, -0.2) is 0 Å². The summed E-state index contributed by atoms with van der Waals surface area (Å²) in [4.78, 5) is 1.00. The van der Waals surface area contributed by atoms with Crippen molar-refractivity contribution >= 4 is 12.6 Å². The molecule has 2 atom stereocenters. The molecule has 0 saturated carbocycles. The van der Waals surface area contributed by atoms with E-state index in [4.69, 9.17) is 4.74 Å². The van der Waals surface area contributed by atoms with Crippen LogP contribution in [0.1, 0.15) is 61.3 Å². The summed E-state index contributed by atoms with van der Waals surface area (Å²) in [6, 6.07) is 26.3. The predicted octanol–water partition coefficient (Wildman–Crippen LogP) is 7.01. The van der Waals surface area contributed by atoms with E-state index < -0.39 is 0 Å². The van der Waals surface area contributed by atoms with Gasteiger partial charge in [0.15, 0.2) is 0 Å². The molecule has 0 radical (unpaired) electrons. The predicted molar refractivity (Wildman–Crippen MR) is 120 cm³/mol. The second-order valence-corrected chi connectivity index (χ2v) is 9.22. The van der Waals surface area contributed by atoms with Crippen LogP contribution in [0.5, 0.6) is 5.75 Å². The van der Waals surface area contributed by atoms with Gasteiger partial charge in [-0.3, -0.25) is 0 Å². The second-order valence-electron chi connectivity index (χ2n) is 8.70. The number of rotatable bonds is 3. The number of benzene rings is 3. The molecule has 1 aliphatic carbocycles. The van der Waals surface area contributed by atoms with Gasteiger partial charge in [-0.05, 0) is 86.1 Å². The van der Waals surface area contributed by atoms with Crippen LogP contribution in [0.15, 0.2) is 77.7 Å². The van der Waals surface area contributed by atoms with Crippen molar-refractivity contribution in [2.45, 2.75) is 55.9 Å². The van der Waals surface area contributed by atoms with Gasteiger partial charge in [0.25, 0.3) is 0 Å². The van der Waals surface area contributed by atoms with Crippen LogP contribution in [0.4, 0.5) is 0 Å². The van der Waals surface area contributed by atoms with Crippen LogP contribution in [0.2, 0.25) is 0 Å². The maximum absolute atomic E-state index is 6.13. The number of aryl methyl sites for hydroxylation is 1. The topological polar surface area (TPSA) is 9.23 Å². The minimum atomic E-state index is -0.183. The molecule has 0 bridgehead atoms. The molecular weight excluding hydrogens is 360 g/mol. The van der Waals surface area contributed by atoms with Gasteiger partial charge in [-0.1, -0.05) is 48.5 Å². The standard InChI is InChI=1S/C26H28OS/c1-26(2,3)27-21-12-16-24-20(17-21)11-15-23(18-7-5-4-6-8-18)25(24)19-9-13-22(28)14-10-19/h4-10,12-14,16-17,23,25,28H,11,15H2,1-3H3. The Bertz CT molecular complexity index is 938. The molecule has 0 aliphatic heterocycles. The fourth-order valence-electron chi connectivity index (χ4n) is 4.37. The van der Waals surface area contributed by atoms with Crippen molar-refractivity contribution in [2.75, 3.05) is 0 Å². The number of thiol groups is 1. The van der Waals surface area contributed by atoms with Gasteiger partial charge < -0.3 is 4.74 Å². The SMILES string of the molecule is CC(C)(C)Oc1ccc2c(c1)CCC(c1ccccc1)C2c1ccc(S)cc1. The van der Waals surface area contributed by atoms with Crippen LogP contribution in [0.3, 0.4) is 0 Å². The Kier molecular flexibility index (Phi) is 5.25. The Morgan fingerprint density at radius 3 is 2.25 bits per heavy atom. The first-order chi connectivity index (χ1) is 13.4. The van der Waals surface area contributed by atoms with E-state index in [9.17, 15) is 0 Å². The van der Waals surface area contributed by atoms with Crippen LogP contribution in [-0.2, 0) is 6.42 Å². The first-order valence-corrected chi connectivity index (χ1v) is 10.5. The highest BCUT2D eigenvalue weighted by Gasteiger charge is 2.32. The maximum atomic E-state index is 6.13. The Balaban J connectivity index is 1.78. The molecule has 0 saturated heterocycles. The van der Waals surface area contributed by atoms with E-state index in [-0.39, 0.29) is 5.60 Å². The molecule has 1 aliphatic rings. The zero-order valence-electron chi connectivity index (χ0n) is 16.9. The second kappa shape index (κ2) is 7.67. The summed E-state index contributed by atoms with van der Waals surface area (Å²) in [6.07, 6.45) is 2.22. The lowest BCUT2D eigenvalue weighted by atomic mass is 9.69. The van der Waals surface area contributed by atoms with Gasteiger partial charge in [-0.2, -0.15) is 0 Å². The lowest BCUT2D eigenvalue weighted by molar-refractivity contribution is 0.130. The summed E-state index contributed by atoms with van der Waals surface area (Å²) < 4.78 is 6.13. The number of ether oxygens (including phenoxy) is 1. The van der Waals surface area contributed by atoms with E-state index in [1.54, 1.807) is 0 Å². The number of hydrogen-bond donors (Lipinski definition) is 1. The molecule has 1 nitrogen and oxygen atoms in total. The summed E-state index contributed by atoms with van der Waals surface area (Å²) in [5, 5.41) is 0. The number of hydrogen-bond acceptors (Lipinski definition) is 2. The fourth-order valence-corrected chi connectivity index (χ4v) is 4.52. The summed E-state index contributed by atoms with van der Waals surface area (Å²) in [6.45, 7) is 6.29. The molecule has 4 rings (SSSR count). The minimum Gasteiger partial charge on any atom is -0.488 e. The van der Waals surface area contributed by atoms with Crippen molar-refractivity contribution in [3.8, 4) is 5.75 Å². The third-order valence-electron chi connectivity index (χ3n) is 5.48. The van der Waals surface area contributed by atoms with E-state index >= 15 is 0 Å². The summed E-state index contributed by atoms with van der Waals surface area (Å²) in [5.74, 6) is 1.80. The van der Waals surface area contributed by atoms with E-state index in [0.717, 1.165) is 23.5 Å². The molecule has 0 amide bonds. The highest BCUT2D eigenvalue weighted by Crippen LogP contribution is 2.47. The van der Waals surface area contributed by atoms with Gasteiger partial charge in [0, 0.05) is 10.8 Å². The molecule has 144 valence electrons. The van der Waals surface area contributed by atoms with Gasteiger partial charge in [0.05, 0.1) is 0 Å². The monoisotopic (exact) mass is 388 g/mol. The van der Waals surface area contributed by atoms with Crippen LogP contribution in [-0.4, -0.2) is 5.60 Å². The van der Waals surface area contributed by atoms with Crippen molar-refractivity contribution < 1.29 is 4.74 Å². The molecule has 2 unspecified atom stereocenters. The lowest BCUT2D eigenvalue weighted by Crippen LogP contribution is -2.24. The summed E-state index contributed by atoms with van der Waals surface area (Å²) in [5.41, 5.74) is 5.43. The highest BCUT2D eigenvalue weighted by atomic mass is 32.1. The molecule has 2 heteroatoms. The van der Waals surface area contributed by atoms with Crippen LogP contribution in [0.25, 0.3) is 0 Å². The highest BCUT2D eigenvalue weighted by molar-refractivity contribution is 7.80. The van der Waals surface area contributed by atoms with Crippen molar-refractivity contribution in [3.05, 3.63) is 95.1 Å². The zero-order valence-corrected chi connectivity index (χ0v) is 17.7. The third-order valence-corrected chi connectivity index (χ3v) is 5.78. The maximum Gasteiger partial charge on any atom is 0.120 e. The van der Waals surface area contributed by atoms with Crippen molar-refractivity contribution in [1.82, 2.24) is 0 Å². The smallest absolute Gasteiger partial charge is 0.120 e. The van der Waals surface area contributed by atoms with Crippen molar-refractivity contribution in [3.63, 3.8) is 0 Å². The average Bonchev–Trinajstić information content (AvgIpc) is 2.67. The molecule has 3 aromatic rings. The van der Waals surface area contributed by atoms with Gasteiger partial charge >= 0.3 is 0 Å². The first-order valence-electron chi connectivity index (χ1n) is 10.1. The average molecular weight is 389 g/mol. The van der Waals surface area contributed by atoms with Gasteiger partial charge in [0.1, 0.15) is 11.4 Å². The zero-order chi connectivity index (χ0) is 19.7. The molecule has 3 aromatic carbocycles. The molecule has 0 aromatic heterocycles. The Morgan fingerprint density at radius 2 is 1.57 bits per heavy atom. The Hall–Kier alpha value is -2.19. The molecule has 0 fully saturated rings. The van der Waals surface area contributed by atoms with E-state index in [1.165, 1.54) is 22.3 Å². The van der Waals surface area contributed by atoms with Gasteiger partial charge in [-0.15, -0.1) is 12.6 Å². The fraction of sp³-hybridized carbons (Fsp3) is 0.308. The lowest BCUT2D eigenvalue weighted by Gasteiger charge is -2.35. The molecule has 0 N–H and O–H groups in total. The molecular formula is C26H28OS. The number of fused-ring (bicyclic) bond motifs is 1. The molecule has 0 heterocycles. The summed E-state index contributed by atoms with van der Waals surface area (Å²) in [7, 11) is 0. The van der Waals surface area contributed by atoms with Gasteiger partial charge in [0.2, 0.25) is 0 Å². The molecule has 28 heavy (non-hydrogen) atoms. The van der Waals surface area contributed by atoms with E-state index in [2.05, 4.69) is 106 Å². The van der Waals surface area contributed by atoms with Crippen molar-refractivity contribution in [1.29, 1.82) is 0 Å². The van der Waals surface area contributed by atoms with E-state index in [1.807, 2.05) is 0 Å².